The number of Topliss-reactive ketones (excluding diaryl/α,β-unsaturated/α-hetero) is 1. The van der Waals surface area contributed by atoms with E-state index < -0.39 is 35.1 Å². The molecule has 0 aliphatic heterocycles. The number of carbonyl (C=O) groups is 2. The molecule has 1 heterocycles. The van der Waals surface area contributed by atoms with Gasteiger partial charge in [0, 0.05) is 6.42 Å². The van der Waals surface area contributed by atoms with Gasteiger partial charge in [-0.1, -0.05) is 0 Å². The van der Waals surface area contributed by atoms with E-state index in [4.69, 9.17) is 0 Å². The molecule has 0 radical (unpaired) electrons. The van der Waals surface area contributed by atoms with Crippen LogP contribution >= 0.6 is 0 Å². The van der Waals surface area contributed by atoms with E-state index in [-0.39, 0.29) is 19.4 Å². The molecule has 0 atom stereocenters. The van der Waals surface area contributed by atoms with Crippen molar-refractivity contribution >= 4 is 11.8 Å². The van der Waals surface area contributed by atoms with Crippen molar-refractivity contribution in [1.82, 2.24) is 4.98 Å². The number of esters is 1. The molecule has 1 N–H and O–H groups in total. The van der Waals surface area contributed by atoms with Gasteiger partial charge in [-0.3, -0.25) is 9.59 Å². The summed E-state index contributed by atoms with van der Waals surface area (Å²) in [6.07, 6.45) is -5.39. The number of aromatic hydroxyl groups is 1. The molecule has 1 rings (SSSR count). The number of pyridine rings is 1. The van der Waals surface area contributed by atoms with Crippen LogP contribution in [0.1, 0.15) is 35.9 Å². The van der Waals surface area contributed by atoms with Gasteiger partial charge in [0.1, 0.15) is 17.1 Å². The van der Waals surface area contributed by atoms with Crippen LogP contribution in [0, 0.1) is 0 Å². The monoisotopic (exact) mass is 291 g/mol. The third kappa shape index (κ3) is 4.22. The molecule has 0 spiro atoms. The molecule has 5 nitrogen and oxygen atoms in total. The third-order valence-electron chi connectivity index (χ3n) is 2.29. The quantitative estimate of drug-likeness (QED) is 0.665. The number of ketones is 1. The lowest BCUT2D eigenvalue weighted by Gasteiger charge is -2.08. The zero-order chi connectivity index (χ0) is 15.3. The van der Waals surface area contributed by atoms with Crippen LogP contribution in [0.5, 0.6) is 5.75 Å². The Labute approximate surface area is 112 Å². The Bertz CT molecular complexity index is 514. The topological polar surface area (TPSA) is 76.5 Å². The van der Waals surface area contributed by atoms with Crippen molar-refractivity contribution in [2.24, 2.45) is 0 Å². The van der Waals surface area contributed by atoms with Crippen molar-refractivity contribution in [3.63, 3.8) is 0 Å². The largest absolute Gasteiger partial charge is 0.506 e. The van der Waals surface area contributed by atoms with Gasteiger partial charge in [-0.15, -0.1) is 0 Å². The summed E-state index contributed by atoms with van der Waals surface area (Å²) < 4.78 is 41.9. The fraction of sp³-hybridized carbons (Fsp3) is 0.417. The number of halogens is 3. The van der Waals surface area contributed by atoms with Gasteiger partial charge in [-0.2, -0.15) is 13.2 Å². The summed E-state index contributed by atoms with van der Waals surface area (Å²) in [6.45, 7) is 1.72. The summed E-state index contributed by atoms with van der Waals surface area (Å²) in [6, 6.07) is 1.31. The lowest BCUT2D eigenvalue weighted by atomic mass is 10.1. The number of alkyl halides is 3. The predicted molar refractivity (Wildman–Crippen MR) is 61.1 cm³/mol. The standard InChI is InChI=1S/C12H12F3NO4/c1-2-20-10(19)6-4-8(18)11-7(17)3-5-9(16-11)12(13,14)15/h3,5,17H,2,4,6H2,1H3. The smallest absolute Gasteiger partial charge is 0.433 e. The fourth-order valence-corrected chi connectivity index (χ4v) is 1.38. The SMILES string of the molecule is CCOC(=O)CCC(=O)c1nc(C(F)(F)F)ccc1O. The highest BCUT2D eigenvalue weighted by Crippen LogP contribution is 2.30. The minimum absolute atomic E-state index is 0.139. The van der Waals surface area contributed by atoms with Gasteiger partial charge < -0.3 is 9.84 Å². The first-order valence-electron chi connectivity index (χ1n) is 5.71. The van der Waals surface area contributed by atoms with Crippen LogP contribution in [0.2, 0.25) is 0 Å². The molecule has 0 unspecified atom stereocenters. The van der Waals surface area contributed by atoms with Crippen LogP contribution in [0.15, 0.2) is 12.1 Å². The number of aromatic nitrogens is 1. The lowest BCUT2D eigenvalue weighted by Crippen LogP contribution is -2.13. The fourth-order valence-electron chi connectivity index (χ4n) is 1.38. The molecule has 0 saturated heterocycles. The van der Waals surface area contributed by atoms with Crippen molar-refractivity contribution in [2.45, 2.75) is 25.9 Å². The highest BCUT2D eigenvalue weighted by molar-refractivity contribution is 5.98. The van der Waals surface area contributed by atoms with Crippen molar-refractivity contribution < 1.29 is 32.6 Å². The predicted octanol–water partition coefficient (Wildman–Crippen LogP) is 2.33. The van der Waals surface area contributed by atoms with E-state index >= 15 is 0 Å². The second-order valence-electron chi connectivity index (χ2n) is 3.79. The average Bonchev–Trinajstić information content (AvgIpc) is 2.35. The van der Waals surface area contributed by atoms with Gasteiger partial charge in [-0.05, 0) is 19.1 Å². The van der Waals surface area contributed by atoms with E-state index in [1.54, 1.807) is 6.92 Å². The van der Waals surface area contributed by atoms with Crippen molar-refractivity contribution in [3.05, 3.63) is 23.5 Å². The van der Waals surface area contributed by atoms with Gasteiger partial charge in [0.05, 0.1) is 13.0 Å². The van der Waals surface area contributed by atoms with Gasteiger partial charge >= 0.3 is 12.1 Å². The van der Waals surface area contributed by atoms with Crippen LogP contribution in [0.25, 0.3) is 0 Å². The molecule has 8 heteroatoms. The van der Waals surface area contributed by atoms with Crippen LogP contribution < -0.4 is 0 Å². The zero-order valence-corrected chi connectivity index (χ0v) is 10.5. The van der Waals surface area contributed by atoms with E-state index in [0.29, 0.717) is 6.07 Å². The Morgan fingerprint density at radius 1 is 1.30 bits per heavy atom. The molecule has 0 saturated carbocycles. The molecule has 1 aromatic rings. The normalized spacial score (nSPS) is 11.2. The second-order valence-corrected chi connectivity index (χ2v) is 3.79. The van der Waals surface area contributed by atoms with Gasteiger partial charge in [0.15, 0.2) is 5.78 Å². The highest BCUT2D eigenvalue weighted by Gasteiger charge is 2.33. The van der Waals surface area contributed by atoms with Crippen LogP contribution in [0.4, 0.5) is 13.2 Å². The lowest BCUT2D eigenvalue weighted by molar-refractivity contribution is -0.143. The molecule has 0 aromatic carbocycles. The summed E-state index contributed by atoms with van der Waals surface area (Å²) >= 11 is 0. The summed E-state index contributed by atoms with van der Waals surface area (Å²) in [5, 5.41) is 9.37. The van der Waals surface area contributed by atoms with Crippen molar-refractivity contribution in [3.8, 4) is 5.75 Å². The van der Waals surface area contributed by atoms with E-state index in [1.807, 2.05) is 0 Å². The van der Waals surface area contributed by atoms with Gasteiger partial charge in [-0.25, -0.2) is 4.98 Å². The number of carbonyl (C=O) groups excluding carboxylic acids is 2. The minimum Gasteiger partial charge on any atom is -0.506 e. The Morgan fingerprint density at radius 3 is 2.50 bits per heavy atom. The zero-order valence-electron chi connectivity index (χ0n) is 10.5. The maximum atomic E-state index is 12.4. The maximum Gasteiger partial charge on any atom is 0.433 e. The number of rotatable bonds is 5. The Balaban J connectivity index is 2.85. The number of nitrogens with zero attached hydrogens (tertiary/aromatic N) is 1. The molecule has 0 aliphatic carbocycles. The first kappa shape index (κ1) is 15.9. The third-order valence-corrected chi connectivity index (χ3v) is 2.29. The molecule has 1 aromatic heterocycles. The van der Waals surface area contributed by atoms with Crippen LogP contribution in [-0.4, -0.2) is 28.4 Å². The van der Waals surface area contributed by atoms with Crippen LogP contribution in [0.3, 0.4) is 0 Å². The first-order chi connectivity index (χ1) is 9.25. The highest BCUT2D eigenvalue weighted by atomic mass is 19.4. The minimum atomic E-state index is -4.72. The van der Waals surface area contributed by atoms with Crippen molar-refractivity contribution in [1.29, 1.82) is 0 Å². The summed E-state index contributed by atoms with van der Waals surface area (Å²) in [7, 11) is 0. The first-order valence-corrected chi connectivity index (χ1v) is 5.71. The second kappa shape index (κ2) is 6.36. The summed E-state index contributed by atoms with van der Waals surface area (Å²) in [4.78, 5) is 25.8. The number of hydrogen-bond acceptors (Lipinski definition) is 5. The van der Waals surface area contributed by atoms with E-state index in [1.165, 1.54) is 0 Å². The Kier molecular flexibility index (Phi) is 5.06. The van der Waals surface area contributed by atoms with Crippen LogP contribution in [-0.2, 0) is 15.7 Å². The molecule has 20 heavy (non-hydrogen) atoms. The van der Waals surface area contributed by atoms with E-state index in [2.05, 4.69) is 9.72 Å². The van der Waals surface area contributed by atoms with Gasteiger partial charge in [0.2, 0.25) is 0 Å². The molecule has 0 bridgehead atoms. The maximum absolute atomic E-state index is 12.4. The summed E-state index contributed by atoms with van der Waals surface area (Å²) in [5.41, 5.74) is -1.99. The average molecular weight is 291 g/mol. The molecular weight excluding hydrogens is 279 g/mol. The number of hydrogen-bond donors (Lipinski definition) is 1. The molecule has 0 amide bonds. The molecule has 0 aliphatic rings. The number of ether oxygens (including phenoxy) is 1. The van der Waals surface area contributed by atoms with E-state index in [9.17, 15) is 27.9 Å². The molecule has 0 fully saturated rings. The molecule has 110 valence electrons. The summed E-state index contributed by atoms with van der Waals surface area (Å²) in [5.74, 6) is -2.17. The van der Waals surface area contributed by atoms with E-state index in [0.717, 1.165) is 6.07 Å². The Hall–Kier alpha value is -2.12. The molecular formula is C12H12F3NO4. The van der Waals surface area contributed by atoms with Crippen molar-refractivity contribution in [2.75, 3.05) is 6.61 Å². The Morgan fingerprint density at radius 2 is 1.95 bits per heavy atom. The van der Waals surface area contributed by atoms with Gasteiger partial charge in [0.25, 0.3) is 0 Å².